The van der Waals surface area contributed by atoms with E-state index in [1.807, 2.05) is 23.9 Å². The number of ether oxygens (including phenoxy) is 3. The maximum Gasteiger partial charge on any atom is 0.120 e. The summed E-state index contributed by atoms with van der Waals surface area (Å²) in [5.74, 6) is 0.848. The standard InChI is InChI=1S/C19H23N3O3/c1-14-13-23-8-9-25-16-2-3-19-18(10-16)17(4-5-20-19)15-11-21-22(12-15)6-7-24-14/h2-4,10-12,14,20H,5-9,13H2,1H3/t14-/m1/s1. The van der Waals surface area contributed by atoms with Gasteiger partial charge < -0.3 is 19.5 Å². The van der Waals surface area contributed by atoms with Gasteiger partial charge in [0, 0.05) is 29.6 Å². The Bertz CT molecular complexity index is 769. The van der Waals surface area contributed by atoms with Gasteiger partial charge in [-0.1, -0.05) is 6.08 Å². The molecule has 25 heavy (non-hydrogen) atoms. The molecule has 2 aromatic rings. The summed E-state index contributed by atoms with van der Waals surface area (Å²) in [6.45, 7) is 5.80. The van der Waals surface area contributed by atoms with E-state index in [9.17, 15) is 0 Å². The number of aromatic nitrogens is 2. The first-order valence-electron chi connectivity index (χ1n) is 8.73. The first-order chi connectivity index (χ1) is 12.3. The van der Waals surface area contributed by atoms with Crippen LogP contribution in [0.2, 0.25) is 0 Å². The van der Waals surface area contributed by atoms with E-state index in [2.05, 4.69) is 34.8 Å². The topological polar surface area (TPSA) is 57.5 Å². The highest BCUT2D eigenvalue weighted by atomic mass is 16.5. The maximum absolute atomic E-state index is 5.85. The molecule has 0 amide bonds. The lowest BCUT2D eigenvalue weighted by atomic mass is 9.96. The molecule has 0 fully saturated rings. The summed E-state index contributed by atoms with van der Waals surface area (Å²) in [4.78, 5) is 0. The second-order valence-corrected chi connectivity index (χ2v) is 6.30. The lowest BCUT2D eigenvalue weighted by Crippen LogP contribution is -2.20. The number of hydrogen-bond donors (Lipinski definition) is 1. The van der Waals surface area contributed by atoms with Gasteiger partial charge in [-0.15, -0.1) is 0 Å². The molecular weight excluding hydrogens is 318 g/mol. The van der Waals surface area contributed by atoms with Crippen molar-refractivity contribution in [2.75, 3.05) is 38.3 Å². The Balaban J connectivity index is 1.65. The molecule has 0 spiro atoms. The van der Waals surface area contributed by atoms with Crippen LogP contribution in [0.1, 0.15) is 18.1 Å². The van der Waals surface area contributed by atoms with Gasteiger partial charge in [0.05, 0.1) is 38.7 Å². The summed E-state index contributed by atoms with van der Waals surface area (Å²) < 4.78 is 19.2. The molecule has 1 N–H and O–H groups in total. The quantitative estimate of drug-likeness (QED) is 0.798. The largest absolute Gasteiger partial charge is 0.491 e. The third-order valence-corrected chi connectivity index (χ3v) is 4.40. The zero-order chi connectivity index (χ0) is 17.1. The lowest BCUT2D eigenvalue weighted by Gasteiger charge is -2.20. The fourth-order valence-corrected chi connectivity index (χ4v) is 3.12. The Morgan fingerprint density at radius 2 is 2.20 bits per heavy atom. The van der Waals surface area contributed by atoms with Crippen LogP contribution in [0, 0.1) is 0 Å². The summed E-state index contributed by atoms with van der Waals surface area (Å²) in [5.41, 5.74) is 4.56. The molecule has 4 rings (SSSR count). The minimum Gasteiger partial charge on any atom is -0.491 e. The second kappa shape index (κ2) is 7.29. The number of nitrogens with one attached hydrogen (secondary N) is 1. The summed E-state index contributed by atoms with van der Waals surface area (Å²) in [7, 11) is 0. The van der Waals surface area contributed by atoms with Gasteiger partial charge in [-0.2, -0.15) is 5.10 Å². The average Bonchev–Trinajstić information content (AvgIpc) is 3.09. The molecule has 0 saturated carbocycles. The van der Waals surface area contributed by atoms with Crippen molar-refractivity contribution in [1.29, 1.82) is 0 Å². The number of nitrogens with zero attached hydrogens (tertiary/aromatic N) is 2. The van der Waals surface area contributed by atoms with E-state index in [1.54, 1.807) is 0 Å². The van der Waals surface area contributed by atoms with E-state index in [0.29, 0.717) is 26.4 Å². The minimum absolute atomic E-state index is 0.0564. The van der Waals surface area contributed by atoms with Crippen molar-refractivity contribution >= 4 is 11.3 Å². The molecule has 1 atom stereocenters. The molecular formula is C19H23N3O3. The smallest absolute Gasteiger partial charge is 0.120 e. The molecule has 0 aliphatic carbocycles. The zero-order valence-corrected chi connectivity index (χ0v) is 14.4. The molecule has 1 aromatic heterocycles. The van der Waals surface area contributed by atoms with Gasteiger partial charge in [0.15, 0.2) is 0 Å². The lowest BCUT2D eigenvalue weighted by molar-refractivity contribution is -0.0157. The van der Waals surface area contributed by atoms with E-state index in [1.165, 1.54) is 5.57 Å². The van der Waals surface area contributed by atoms with Crippen molar-refractivity contribution in [2.45, 2.75) is 19.6 Å². The van der Waals surface area contributed by atoms with Crippen LogP contribution in [-0.2, 0) is 16.0 Å². The first kappa shape index (κ1) is 16.2. The molecule has 0 radical (unpaired) electrons. The van der Waals surface area contributed by atoms with Crippen LogP contribution < -0.4 is 10.1 Å². The predicted octanol–water partition coefficient (Wildman–Crippen LogP) is 2.55. The van der Waals surface area contributed by atoms with E-state index < -0.39 is 0 Å². The van der Waals surface area contributed by atoms with E-state index in [-0.39, 0.29) is 6.10 Å². The van der Waals surface area contributed by atoms with Crippen molar-refractivity contribution < 1.29 is 14.2 Å². The molecule has 0 saturated heterocycles. The highest BCUT2D eigenvalue weighted by Crippen LogP contribution is 2.34. The van der Waals surface area contributed by atoms with Crippen molar-refractivity contribution in [2.24, 2.45) is 0 Å². The molecule has 6 nitrogen and oxygen atoms in total. The van der Waals surface area contributed by atoms with Crippen LogP contribution >= 0.6 is 0 Å². The number of anilines is 1. The molecule has 2 aliphatic rings. The number of hydrogen-bond acceptors (Lipinski definition) is 5. The highest BCUT2D eigenvalue weighted by Gasteiger charge is 2.17. The van der Waals surface area contributed by atoms with E-state index in [0.717, 1.165) is 35.7 Å². The van der Waals surface area contributed by atoms with Crippen LogP contribution in [0.15, 0.2) is 36.7 Å². The Morgan fingerprint density at radius 3 is 3.16 bits per heavy atom. The fourth-order valence-electron chi connectivity index (χ4n) is 3.12. The average molecular weight is 341 g/mol. The van der Waals surface area contributed by atoms with Crippen LogP contribution in [-0.4, -0.2) is 48.9 Å². The Hall–Kier alpha value is -2.31. The molecule has 4 bridgehead atoms. The van der Waals surface area contributed by atoms with Crippen LogP contribution in [0.25, 0.3) is 5.57 Å². The molecule has 132 valence electrons. The Morgan fingerprint density at radius 1 is 1.24 bits per heavy atom. The monoisotopic (exact) mass is 341 g/mol. The molecule has 1 aromatic carbocycles. The molecule has 2 aliphatic heterocycles. The normalized spacial score (nSPS) is 21.0. The van der Waals surface area contributed by atoms with E-state index >= 15 is 0 Å². The minimum atomic E-state index is 0.0564. The first-order valence-corrected chi connectivity index (χ1v) is 8.73. The molecule has 0 unspecified atom stereocenters. The van der Waals surface area contributed by atoms with Gasteiger partial charge in [-0.3, -0.25) is 4.68 Å². The number of rotatable bonds is 0. The second-order valence-electron chi connectivity index (χ2n) is 6.30. The predicted molar refractivity (Wildman–Crippen MR) is 96.0 cm³/mol. The molecule has 6 heteroatoms. The zero-order valence-electron chi connectivity index (χ0n) is 14.4. The van der Waals surface area contributed by atoms with Gasteiger partial charge in [0.2, 0.25) is 0 Å². The molecule has 3 heterocycles. The van der Waals surface area contributed by atoms with E-state index in [4.69, 9.17) is 14.2 Å². The van der Waals surface area contributed by atoms with Crippen molar-refractivity contribution in [3.63, 3.8) is 0 Å². The summed E-state index contributed by atoms with van der Waals surface area (Å²) in [6.07, 6.45) is 6.24. The van der Waals surface area contributed by atoms with Crippen molar-refractivity contribution in [3.05, 3.63) is 47.8 Å². The fraction of sp³-hybridized carbons (Fsp3) is 0.421. The number of fused-ring (bicyclic) bond motifs is 4. The third kappa shape index (κ3) is 3.70. The van der Waals surface area contributed by atoms with Crippen molar-refractivity contribution in [3.8, 4) is 5.75 Å². The number of benzene rings is 1. The van der Waals surface area contributed by atoms with Gasteiger partial charge in [-0.05, 0) is 30.7 Å². The summed E-state index contributed by atoms with van der Waals surface area (Å²) in [5, 5.41) is 7.88. The van der Waals surface area contributed by atoms with Gasteiger partial charge in [-0.25, -0.2) is 0 Å². The Labute approximate surface area is 147 Å². The Kier molecular flexibility index (Phi) is 4.72. The third-order valence-electron chi connectivity index (χ3n) is 4.40. The maximum atomic E-state index is 5.85. The SMILES string of the molecule is C[C@@H]1COCCOc2ccc3c(c2)C(=CCN3)c2cnn(c2)CCO1. The van der Waals surface area contributed by atoms with Gasteiger partial charge in [0.1, 0.15) is 12.4 Å². The summed E-state index contributed by atoms with van der Waals surface area (Å²) >= 11 is 0. The van der Waals surface area contributed by atoms with Gasteiger partial charge >= 0.3 is 0 Å². The van der Waals surface area contributed by atoms with Gasteiger partial charge in [0.25, 0.3) is 0 Å². The van der Waals surface area contributed by atoms with Crippen LogP contribution in [0.4, 0.5) is 5.69 Å². The van der Waals surface area contributed by atoms with Crippen LogP contribution in [0.5, 0.6) is 5.75 Å². The van der Waals surface area contributed by atoms with Crippen LogP contribution in [0.3, 0.4) is 0 Å². The summed E-state index contributed by atoms with van der Waals surface area (Å²) in [6, 6.07) is 6.15. The van der Waals surface area contributed by atoms with Crippen molar-refractivity contribution in [1.82, 2.24) is 9.78 Å². The highest BCUT2D eigenvalue weighted by molar-refractivity contribution is 5.88.